The molecule has 0 spiro atoms. The average Bonchev–Trinajstić information content (AvgIpc) is 3.02. The first-order chi connectivity index (χ1) is 10.3. The molecular formula is C17H21N3O. The summed E-state index contributed by atoms with van der Waals surface area (Å²) in [6, 6.07) is 12.6. The van der Waals surface area contributed by atoms with Gasteiger partial charge >= 0.3 is 0 Å². The van der Waals surface area contributed by atoms with Crippen LogP contribution in [0.5, 0.6) is 0 Å². The number of furan rings is 1. The molecule has 110 valence electrons. The van der Waals surface area contributed by atoms with Gasteiger partial charge in [-0.05, 0) is 24.6 Å². The van der Waals surface area contributed by atoms with E-state index >= 15 is 0 Å². The zero-order chi connectivity index (χ0) is 14.5. The maximum Gasteiger partial charge on any atom is 0.146 e. The van der Waals surface area contributed by atoms with E-state index in [1.54, 1.807) is 12.5 Å². The minimum Gasteiger partial charge on any atom is -0.463 e. The monoisotopic (exact) mass is 283 g/mol. The first-order valence-electron chi connectivity index (χ1n) is 7.40. The Bertz CT molecular complexity index is 567. The first kappa shape index (κ1) is 13.9. The Morgan fingerprint density at radius 2 is 1.86 bits per heavy atom. The number of hydrazone groups is 1. The highest BCUT2D eigenvalue weighted by Gasteiger charge is 2.15. The van der Waals surface area contributed by atoms with Gasteiger partial charge in [0.05, 0.1) is 12.5 Å². The van der Waals surface area contributed by atoms with Gasteiger partial charge in [-0.25, -0.2) is 0 Å². The van der Waals surface area contributed by atoms with E-state index in [2.05, 4.69) is 46.2 Å². The van der Waals surface area contributed by atoms with Crippen LogP contribution in [0.2, 0.25) is 0 Å². The van der Waals surface area contributed by atoms with Crippen molar-refractivity contribution in [3.63, 3.8) is 0 Å². The molecule has 2 heterocycles. The highest BCUT2D eigenvalue weighted by molar-refractivity contribution is 5.75. The molecule has 0 radical (unpaired) electrons. The van der Waals surface area contributed by atoms with Gasteiger partial charge < -0.3 is 4.42 Å². The van der Waals surface area contributed by atoms with Crippen LogP contribution in [-0.4, -0.2) is 42.3 Å². The van der Waals surface area contributed by atoms with E-state index < -0.39 is 0 Å². The Kier molecular flexibility index (Phi) is 4.36. The van der Waals surface area contributed by atoms with Crippen LogP contribution in [0, 0.1) is 6.92 Å². The van der Waals surface area contributed by atoms with E-state index in [0.717, 1.165) is 38.5 Å². The van der Waals surface area contributed by atoms with Crippen LogP contribution in [0.4, 0.5) is 0 Å². The molecule has 2 aromatic rings. The van der Waals surface area contributed by atoms with Crippen molar-refractivity contribution in [3.05, 3.63) is 59.5 Å². The number of hydrogen-bond donors (Lipinski definition) is 0. The van der Waals surface area contributed by atoms with Gasteiger partial charge in [-0.1, -0.05) is 29.8 Å². The molecule has 4 nitrogen and oxygen atoms in total. The lowest BCUT2D eigenvalue weighted by Crippen LogP contribution is -2.43. The Balaban J connectivity index is 1.47. The van der Waals surface area contributed by atoms with Crippen LogP contribution < -0.4 is 0 Å². The minimum atomic E-state index is 0.803. The first-order valence-corrected chi connectivity index (χ1v) is 7.40. The smallest absolute Gasteiger partial charge is 0.146 e. The highest BCUT2D eigenvalue weighted by atomic mass is 16.3. The van der Waals surface area contributed by atoms with E-state index in [1.807, 2.05) is 12.1 Å². The second-order valence-corrected chi connectivity index (χ2v) is 5.48. The molecule has 1 fully saturated rings. The number of hydrogen-bond acceptors (Lipinski definition) is 4. The lowest BCUT2D eigenvalue weighted by molar-refractivity contribution is 0.131. The van der Waals surface area contributed by atoms with Crippen molar-refractivity contribution in [1.29, 1.82) is 0 Å². The molecule has 0 bridgehead atoms. The Morgan fingerprint density at radius 1 is 1.10 bits per heavy atom. The third-order valence-electron chi connectivity index (χ3n) is 3.77. The Labute approximate surface area is 125 Å². The zero-order valence-electron chi connectivity index (χ0n) is 12.4. The second kappa shape index (κ2) is 6.59. The molecule has 0 saturated carbocycles. The quantitative estimate of drug-likeness (QED) is 0.809. The average molecular weight is 283 g/mol. The van der Waals surface area contributed by atoms with Gasteiger partial charge in [-0.2, -0.15) is 5.10 Å². The summed E-state index contributed by atoms with van der Waals surface area (Å²) in [7, 11) is 0. The summed E-state index contributed by atoms with van der Waals surface area (Å²) in [5.74, 6) is 0.803. The van der Waals surface area contributed by atoms with Crippen molar-refractivity contribution in [2.45, 2.75) is 13.5 Å². The number of aryl methyl sites for hydroxylation is 1. The van der Waals surface area contributed by atoms with Crippen LogP contribution in [0.25, 0.3) is 0 Å². The summed E-state index contributed by atoms with van der Waals surface area (Å²) < 4.78 is 5.25. The highest BCUT2D eigenvalue weighted by Crippen LogP contribution is 2.10. The van der Waals surface area contributed by atoms with E-state index in [9.17, 15) is 0 Å². The summed E-state index contributed by atoms with van der Waals surface area (Å²) in [6.45, 7) is 7.16. The third kappa shape index (κ3) is 3.95. The molecule has 4 heteroatoms. The number of rotatable bonds is 4. The van der Waals surface area contributed by atoms with Crippen molar-refractivity contribution >= 4 is 6.21 Å². The van der Waals surface area contributed by atoms with Gasteiger partial charge in [0.2, 0.25) is 0 Å². The van der Waals surface area contributed by atoms with E-state index in [4.69, 9.17) is 4.42 Å². The summed E-state index contributed by atoms with van der Waals surface area (Å²) >= 11 is 0. The molecule has 0 N–H and O–H groups in total. The number of benzene rings is 1. The molecule has 1 saturated heterocycles. The van der Waals surface area contributed by atoms with E-state index in [-0.39, 0.29) is 0 Å². The lowest BCUT2D eigenvalue weighted by atomic mass is 10.1. The van der Waals surface area contributed by atoms with Crippen molar-refractivity contribution in [1.82, 2.24) is 9.91 Å². The summed E-state index contributed by atoms with van der Waals surface area (Å²) in [4.78, 5) is 2.48. The van der Waals surface area contributed by atoms with Gasteiger partial charge in [-0.15, -0.1) is 0 Å². The normalized spacial score (nSPS) is 16.7. The molecular weight excluding hydrogens is 262 g/mol. The largest absolute Gasteiger partial charge is 0.463 e. The molecule has 1 aromatic heterocycles. The fourth-order valence-corrected chi connectivity index (χ4v) is 2.47. The van der Waals surface area contributed by atoms with Gasteiger partial charge in [0.1, 0.15) is 5.76 Å². The zero-order valence-corrected chi connectivity index (χ0v) is 12.4. The SMILES string of the molecule is Cc1ccc(CN2CCN(N=Cc3ccco3)CC2)cc1. The van der Waals surface area contributed by atoms with Crippen molar-refractivity contribution in [2.75, 3.05) is 26.2 Å². The molecule has 0 unspecified atom stereocenters. The predicted molar refractivity (Wildman–Crippen MR) is 84.3 cm³/mol. The summed E-state index contributed by atoms with van der Waals surface area (Å²) in [6.07, 6.45) is 3.45. The minimum absolute atomic E-state index is 0.803. The third-order valence-corrected chi connectivity index (χ3v) is 3.77. The Hall–Kier alpha value is -2.07. The van der Waals surface area contributed by atoms with Gasteiger partial charge in [0, 0.05) is 32.7 Å². The van der Waals surface area contributed by atoms with Gasteiger partial charge in [-0.3, -0.25) is 9.91 Å². The molecule has 1 aliphatic heterocycles. The summed E-state index contributed by atoms with van der Waals surface area (Å²) in [5.41, 5.74) is 2.70. The maximum absolute atomic E-state index is 5.25. The molecule has 0 amide bonds. The second-order valence-electron chi connectivity index (χ2n) is 5.48. The molecule has 0 atom stereocenters. The van der Waals surface area contributed by atoms with E-state index in [1.165, 1.54) is 11.1 Å². The van der Waals surface area contributed by atoms with Crippen molar-refractivity contribution < 1.29 is 4.42 Å². The van der Waals surface area contributed by atoms with Crippen LogP contribution in [-0.2, 0) is 6.54 Å². The van der Waals surface area contributed by atoms with Crippen LogP contribution in [0.1, 0.15) is 16.9 Å². The Morgan fingerprint density at radius 3 is 2.52 bits per heavy atom. The molecule has 21 heavy (non-hydrogen) atoms. The fraction of sp³-hybridized carbons (Fsp3) is 0.353. The van der Waals surface area contributed by atoms with Crippen LogP contribution >= 0.6 is 0 Å². The fourth-order valence-electron chi connectivity index (χ4n) is 2.47. The lowest BCUT2D eigenvalue weighted by Gasteiger charge is -2.33. The van der Waals surface area contributed by atoms with Gasteiger partial charge in [0.25, 0.3) is 0 Å². The maximum atomic E-state index is 5.25. The molecule has 3 rings (SSSR count). The molecule has 1 aromatic carbocycles. The van der Waals surface area contributed by atoms with E-state index in [0.29, 0.717) is 0 Å². The van der Waals surface area contributed by atoms with Crippen LogP contribution in [0.15, 0.2) is 52.2 Å². The standard InChI is InChI=1S/C17H21N3O/c1-15-4-6-16(7-5-15)14-19-8-10-20(11-9-19)18-13-17-3-2-12-21-17/h2-7,12-13H,8-11,14H2,1H3. The topological polar surface area (TPSA) is 32.0 Å². The molecule has 0 aliphatic carbocycles. The number of piperazine rings is 1. The van der Waals surface area contributed by atoms with Crippen LogP contribution in [0.3, 0.4) is 0 Å². The summed E-state index contributed by atoms with van der Waals surface area (Å²) in [5, 5.41) is 6.57. The van der Waals surface area contributed by atoms with Crippen molar-refractivity contribution in [2.24, 2.45) is 5.10 Å². The van der Waals surface area contributed by atoms with Gasteiger partial charge in [0.15, 0.2) is 0 Å². The molecule has 1 aliphatic rings. The van der Waals surface area contributed by atoms with Crippen molar-refractivity contribution in [3.8, 4) is 0 Å². The predicted octanol–water partition coefficient (Wildman–Crippen LogP) is 2.74. The number of nitrogens with zero attached hydrogens (tertiary/aromatic N) is 3.